The largest absolute Gasteiger partial charge is 0.330 e. The van der Waals surface area contributed by atoms with Crippen LogP contribution in [-0.2, 0) is 20.0 Å². The van der Waals surface area contributed by atoms with Crippen molar-refractivity contribution in [2.45, 2.75) is 13.0 Å². The van der Waals surface area contributed by atoms with Gasteiger partial charge >= 0.3 is 0 Å². The molecule has 0 aromatic carbocycles. The molecule has 0 spiro atoms. The first-order chi connectivity index (χ1) is 7.28. The van der Waals surface area contributed by atoms with Crippen LogP contribution in [0.25, 0.3) is 0 Å². The maximum atomic E-state index is 5.45. The minimum absolute atomic E-state index is 0.540. The van der Waals surface area contributed by atoms with Gasteiger partial charge in [0.1, 0.15) is 6.54 Å². The highest BCUT2D eigenvalue weighted by molar-refractivity contribution is 5.04. The zero-order valence-corrected chi connectivity index (χ0v) is 8.54. The molecule has 80 valence electrons. The fourth-order valence-electron chi connectivity index (χ4n) is 1.32. The Morgan fingerprint density at radius 2 is 2.33 bits per heavy atom. The van der Waals surface area contributed by atoms with Gasteiger partial charge in [0.05, 0.1) is 13.2 Å². The van der Waals surface area contributed by atoms with E-state index in [1.54, 1.807) is 11.7 Å². The Bertz CT molecular complexity index is 430. The van der Waals surface area contributed by atoms with Crippen molar-refractivity contribution in [3.8, 4) is 0 Å². The third-order valence-electron chi connectivity index (χ3n) is 1.97. The number of rotatable bonds is 4. The van der Waals surface area contributed by atoms with Crippen LogP contribution in [0.1, 0.15) is 11.4 Å². The summed E-state index contributed by atoms with van der Waals surface area (Å²) in [7, 11) is 1.74. The molecule has 15 heavy (non-hydrogen) atoms. The Morgan fingerprint density at radius 1 is 1.47 bits per heavy atom. The minimum Gasteiger partial charge on any atom is -0.330 e. The van der Waals surface area contributed by atoms with Crippen LogP contribution < -0.4 is 5.73 Å². The number of tetrazole rings is 1. The maximum absolute atomic E-state index is 5.45. The molecule has 2 heterocycles. The van der Waals surface area contributed by atoms with E-state index in [1.165, 1.54) is 4.80 Å². The summed E-state index contributed by atoms with van der Waals surface area (Å²) in [5.74, 6) is 0.653. The van der Waals surface area contributed by atoms with Gasteiger partial charge in [0, 0.05) is 6.20 Å². The van der Waals surface area contributed by atoms with E-state index in [9.17, 15) is 0 Å². The summed E-state index contributed by atoms with van der Waals surface area (Å²) in [6, 6.07) is 0. The average Bonchev–Trinajstić information content (AvgIpc) is 2.78. The van der Waals surface area contributed by atoms with Gasteiger partial charge in [-0.15, -0.1) is 10.2 Å². The van der Waals surface area contributed by atoms with Gasteiger partial charge in [0.15, 0.2) is 5.82 Å². The summed E-state index contributed by atoms with van der Waals surface area (Å²) in [5.41, 5.74) is 6.58. The first-order valence-corrected chi connectivity index (χ1v) is 4.72. The third kappa shape index (κ3) is 2.38. The van der Waals surface area contributed by atoms with E-state index < -0.39 is 0 Å². The fourth-order valence-corrected chi connectivity index (χ4v) is 1.32. The van der Waals surface area contributed by atoms with Crippen LogP contribution in [0.5, 0.6) is 0 Å². The molecule has 7 nitrogen and oxygen atoms in total. The zero-order valence-electron chi connectivity index (χ0n) is 8.54. The van der Waals surface area contributed by atoms with Crippen LogP contribution >= 0.6 is 0 Å². The van der Waals surface area contributed by atoms with E-state index in [0.29, 0.717) is 18.9 Å². The van der Waals surface area contributed by atoms with E-state index in [-0.39, 0.29) is 0 Å². The highest BCUT2D eigenvalue weighted by Gasteiger charge is 2.03. The van der Waals surface area contributed by atoms with Gasteiger partial charge in [-0.1, -0.05) is 0 Å². The second-order valence-corrected chi connectivity index (χ2v) is 3.28. The standard InChI is InChI=1S/C8H13N7/c1-14-12-8(11-13-14)6-15-5-7(2-3-9)4-10-15/h4-5H,2-3,6,9H2,1H3. The molecule has 0 fully saturated rings. The SMILES string of the molecule is Cn1nnc(Cn2cc(CCN)cn2)n1. The quantitative estimate of drug-likeness (QED) is 0.691. The molecule has 2 N–H and O–H groups in total. The Balaban J connectivity index is 2.04. The Hall–Kier alpha value is -1.76. The van der Waals surface area contributed by atoms with Crippen LogP contribution in [0, 0.1) is 0 Å². The molecule has 0 atom stereocenters. The Labute approximate surface area is 86.9 Å². The number of hydrogen-bond acceptors (Lipinski definition) is 5. The van der Waals surface area contributed by atoms with Crippen LogP contribution in [-0.4, -0.2) is 36.5 Å². The van der Waals surface area contributed by atoms with Gasteiger partial charge in [-0.3, -0.25) is 4.68 Å². The van der Waals surface area contributed by atoms with Gasteiger partial charge in [-0.05, 0) is 23.7 Å². The molecule has 0 bridgehead atoms. The molecule has 2 aromatic heterocycles. The molecule has 0 unspecified atom stereocenters. The van der Waals surface area contributed by atoms with E-state index in [1.807, 2.05) is 12.4 Å². The monoisotopic (exact) mass is 207 g/mol. The predicted octanol–water partition coefficient (Wildman–Crippen LogP) is -1.04. The molecular formula is C8H13N7. The Kier molecular flexibility index (Phi) is 2.72. The average molecular weight is 207 g/mol. The number of aromatic nitrogens is 6. The zero-order chi connectivity index (χ0) is 10.7. The van der Waals surface area contributed by atoms with Crippen molar-refractivity contribution in [2.75, 3.05) is 6.54 Å². The van der Waals surface area contributed by atoms with Gasteiger partial charge in [-0.25, -0.2) is 0 Å². The summed E-state index contributed by atoms with van der Waals surface area (Å²) < 4.78 is 1.78. The lowest BCUT2D eigenvalue weighted by Crippen LogP contribution is -2.03. The summed E-state index contributed by atoms with van der Waals surface area (Å²) in [4.78, 5) is 1.43. The van der Waals surface area contributed by atoms with E-state index in [4.69, 9.17) is 5.73 Å². The predicted molar refractivity (Wildman–Crippen MR) is 52.9 cm³/mol. The molecule has 0 amide bonds. The molecule has 2 rings (SSSR count). The van der Waals surface area contributed by atoms with Crippen LogP contribution in [0.3, 0.4) is 0 Å². The lowest BCUT2D eigenvalue weighted by Gasteiger charge is -1.94. The smallest absolute Gasteiger partial charge is 0.196 e. The third-order valence-corrected chi connectivity index (χ3v) is 1.97. The van der Waals surface area contributed by atoms with Crippen LogP contribution in [0.4, 0.5) is 0 Å². The van der Waals surface area contributed by atoms with Crippen molar-refractivity contribution in [1.29, 1.82) is 0 Å². The summed E-state index contributed by atoms with van der Waals surface area (Å²) in [5, 5.41) is 15.9. The normalized spacial score (nSPS) is 10.8. The topological polar surface area (TPSA) is 87.4 Å². The molecule has 0 aliphatic carbocycles. The number of nitrogens with two attached hydrogens (primary N) is 1. The molecule has 0 saturated heterocycles. The van der Waals surface area contributed by atoms with Gasteiger partial charge in [0.2, 0.25) is 0 Å². The van der Waals surface area contributed by atoms with Crippen molar-refractivity contribution in [1.82, 2.24) is 30.0 Å². The summed E-state index contributed by atoms with van der Waals surface area (Å²) in [6.45, 7) is 1.17. The molecule has 0 aliphatic heterocycles. The lowest BCUT2D eigenvalue weighted by atomic mass is 10.3. The number of hydrogen-bond donors (Lipinski definition) is 1. The minimum atomic E-state index is 0.540. The molecule has 0 saturated carbocycles. The lowest BCUT2D eigenvalue weighted by molar-refractivity contribution is 0.617. The van der Waals surface area contributed by atoms with Crippen LogP contribution in [0.2, 0.25) is 0 Å². The van der Waals surface area contributed by atoms with E-state index in [2.05, 4.69) is 20.5 Å². The molecular weight excluding hydrogens is 194 g/mol. The van der Waals surface area contributed by atoms with Crippen LogP contribution in [0.15, 0.2) is 12.4 Å². The molecule has 0 radical (unpaired) electrons. The Morgan fingerprint density at radius 3 is 3.00 bits per heavy atom. The maximum Gasteiger partial charge on any atom is 0.196 e. The number of aryl methyl sites for hydroxylation is 1. The van der Waals surface area contributed by atoms with Gasteiger partial charge < -0.3 is 5.73 Å². The highest BCUT2D eigenvalue weighted by Crippen LogP contribution is 1.99. The molecule has 0 aliphatic rings. The van der Waals surface area contributed by atoms with Crippen molar-refractivity contribution in [3.05, 3.63) is 23.8 Å². The summed E-state index contributed by atoms with van der Waals surface area (Å²) >= 11 is 0. The molecule has 2 aromatic rings. The van der Waals surface area contributed by atoms with Crippen molar-refractivity contribution >= 4 is 0 Å². The van der Waals surface area contributed by atoms with Gasteiger partial charge in [0.25, 0.3) is 0 Å². The first-order valence-electron chi connectivity index (χ1n) is 4.72. The number of nitrogens with zero attached hydrogens (tertiary/aromatic N) is 6. The first kappa shape index (κ1) is 9.78. The van der Waals surface area contributed by atoms with E-state index >= 15 is 0 Å². The van der Waals surface area contributed by atoms with Crippen molar-refractivity contribution in [3.63, 3.8) is 0 Å². The highest BCUT2D eigenvalue weighted by atomic mass is 15.6. The second kappa shape index (κ2) is 4.18. The van der Waals surface area contributed by atoms with Crippen molar-refractivity contribution in [2.24, 2.45) is 12.8 Å². The molecule has 7 heteroatoms. The fraction of sp³-hybridized carbons (Fsp3) is 0.500. The van der Waals surface area contributed by atoms with Crippen molar-refractivity contribution < 1.29 is 0 Å². The summed E-state index contributed by atoms with van der Waals surface area (Å²) in [6.07, 6.45) is 4.60. The second-order valence-electron chi connectivity index (χ2n) is 3.28. The van der Waals surface area contributed by atoms with E-state index in [0.717, 1.165) is 12.0 Å². The van der Waals surface area contributed by atoms with Gasteiger partial charge in [-0.2, -0.15) is 9.90 Å².